The summed E-state index contributed by atoms with van der Waals surface area (Å²) in [6, 6.07) is 15.7. The molecule has 1 amide bonds. The zero-order chi connectivity index (χ0) is 20.7. The second-order valence-electron chi connectivity index (χ2n) is 8.80. The first-order valence-electron chi connectivity index (χ1n) is 10.5. The summed E-state index contributed by atoms with van der Waals surface area (Å²) in [4.78, 5) is 13.7. The predicted octanol–water partition coefficient (Wildman–Crippen LogP) is 4.24. The van der Waals surface area contributed by atoms with Crippen LogP contribution in [0.5, 0.6) is 0 Å². The summed E-state index contributed by atoms with van der Waals surface area (Å²) in [5.41, 5.74) is 2.78. The Morgan fingerprint density at radius 2 is 1.62 bits per heavy atom. The summed E-state index contributed by atoms with van der Waals surface area (Å²) >= 11 is 0. The van der Waals surface area contributed by atoms with Crippen LogP contribution in [0.4, 0.5) is 0 Å². The zero-order valence-electron chi connectivity index (χ0n) is 17.2. The van der Waals surface area contributed by atoms with E-state index in [2.05, 4.69) is 17.4 Å². The van der Waals surface area contributed by atoms with Crippen LogP contribution in [0.25, 0.3) is 0 Å². The molecule has 0 unspecified atom stereocenters. The van der Waals surface area contributed by atoms with Gasteiger partial charge in [-0.1, -0.05) is 55.3 Å². The Hall–Kier alpha value is -2.14. The molecule has 0 aliphatic heterocycles. The van der Waals surface area contributed by atoms with Crippen molar-refractivity contribution >= 4 is 15.7 Å². The Bertz CT molecular complexity index is 1020. The van der Waals surface area contributed by atoms with Crippen molar-refractivity contribution < 1.29 is 13.2 Å². The molecule has 2 aliphatic carbocycles. The first-order chi connectivity index (χ1) is 13.8. The van der Waals surface area contributed by atoms with Gasteiger partial charge in [0.1, 0.15) is 0 Å². The van der Waals surface area contributed by atoms with E-state index in [1.165, 1.54) is 5.56 Å². The molecule has 0 aromatic heterocycles. The highest BCUT2D eigenvalue weighted by Crippen LogP contribution is 2.48. The second-order valence-corrected chi connectivity index (χ2v) is 11.0. The van der Waals surface area contributed by atoms with Crippen molar-refractivity contribution in [3.8, 4) is 0 Å². The van der Waals surface area contributed by atoms with Crippen molar-refractivity contribution in [3.05, 3.63) is 65.2 Å². The third-order valence-corrected chi connectivity index (χ3v) is 9.44. The van der Waals surface area contributed by atoms with Crippen LogP contribution in [0.1, 0.15) is 55.2 Å². The van der Waals surface area contributed by atoms with Gasteiger partial charge < -0.3 is 5.32 Å². The molecule has 2 saturated carbocycles. The monoisotopic (exact) mass is 411 g/mol. The largest absolute Gasteiger partial charge is 0.354 e. The Morgan fingerprint density at radius 3 is 2.24 bits per heavy atom. The Morgan fingerprint density at radius 1 is 0.966 bits per heavy atom. The number of amides is 1. The maximum atomic E-state index is 13.7. The van der Waals surface area contributed by atoms with Crippen LogP contribution >= 0.6 is 0 Å². The van der Waals surface area contributed by atoms with Gasteiger partial charge in [-0.15, -0.1) is 0 Å². The molecule has 4 nitrogen and oxygen atoms in total. The van der Waals surface area contributed by atoms with Gasteiger partial charge in [-0.3, -0.25) is 4.79 Å². The van der Waals surface area contributed by atoms with Crippen molar-refractivity contribution in [2.75, 3.05) is 6.54 Å². The maximum Gasteiger partial charge on any atom is 0.241 e. The summed E-state index contributed by atoms with van der Waals surface area (Å²) in [7, 11) is -3.78. The highest BCUT2D eigenvalue weighted by molar-refractivity contribution is 7.93. The molecular formula is C24H29NO3S. The van der Waals surface area contributed by atoms with Gasteiger partial charge in [0, 0.05) is 12.0 Å². The summed E-state index contributed by atoms with van der Waals surface area (Å²) in [5, 5.41) is 3.06. The summed E-state index contributed by atoms with van der Waals surface area (Å²) in [5.74, 6) is -0.321. The molecule has 0 radical (unpaired) electrons. The average molecular weight is 412 g/mol. The van der Waals surface area contributed by atoms with Crippen LogP contribution in [0.3, 0.4) is 0 Å². The molecule has 4 rings (SSSR count). The molecular weight excluding hydrogens is 382 g/mol. The lowest BCUT2D eigenvalue weighted by atomic mass is 9.95. The molecule has 154 valence electrons. The predicted molar refractivity (Wildman–Crippen MR) is 115 cm³/mol. The van der Waals surface area contributed by atoms with Gasteiger partial charge in [-0.05, 0) is 62.3 Å². The Balaban J connectivity index is 1.62. The Labute approximate surface area is 173 Å². The molecule has 29 heavy (non-hydrogen) atoms. The molecule has 0 heterocycles. The van der Waals surface area contributed by atoms with E-state index < -0.39 is 14.6 Å². The van der Waals surface area contributed by atoms with Crippen LogP contribution in [0, 0.1) is 13.8 Å². The molecule has 2 aromatic carbocycles. The van der Waals surface area contributed by atoms with Gasteiger partial charge in [0.2, 0.25) is 5.91 Å². The van der Waals surface area contributed by atoms with E-state index >= 15 is 0 Å². The van der Waals surface area contributed by atoms with Gasteiger partial charge in [-0.25, -0.2) is 8.42 Å². The molecule has 0 spiro atoms. The molecule has 2 aromatic rings. The molecule has 5 heteroatoms. The van der Waals surface area contributed by atoms with Crippen molar-refractivity contribution in [2.24, 2.45) is 0 Å². The van der Waals surface area contributed by atoms with Gasteiger partial charge in [0.05, 0.1) is 4.90 Å². The maximum absolute atomic E-state index is 13.7. The lowest BCUT2D eigenvalue weighted by molar-refractivity contribution is -0.123. The standard InChI is InChI=1S/C24H29NO3S/c1-18-10-11-19(2)21(16-18)29(27,28)24(12-6-7-13-24)22(26)25-17-23(14-15-23)20-8-4-3-5-9-20/h3-5,8-11,16H,6-7,12-15,17H2,1-2H3,(H,25,26). The number of nitrogens with one attached hydrogen (secondary N) is 1. The van der Waals surface area contributed by atoms with Crippen molar-refractivity contribution in [2.45, 2.75) is 67.4 Å². The van der Waals surface area contributed by atoms with Crippen LogP contribution < -0.4 is 5.32 Å². The summed E-state index contributed by atoms with van der Waals surface area (Å²) < 4.78 is 26.1. The highest BCUT2D eigenvalue weighted by Gasteiger charge is 2.54. The number of hydrogen-bond donors (Lipinski definition) is 1. The van der Waals surface area contributed by atoms with Crippen LogP contribution in [-0.2, 0) is 20.0 Å². The number of hydrogen-bond acceptors (Lipinski definition) is 3. The third-order valence-electron chi connectivity index (χ3n) is 6.80. The fourth-order valence-corrected chi connectivity index (χ4v) is 7.09. The average Bonchev–Trinajstić information content (AvgIpc) is 3.34. The number of aryl methyl sites for hydroxylation is 2. The van der Waals surface area contributed by atoms with E-state index in [-0.39, 0.29) is 11.3 Å². The van der Waals surface area contributed by atoms with E-state index in [0.29, 0.717) is 29.8 Å². The SMILES string of the molecule is Cc1ccc(C)c(S(=O)(=O)C2(C(=O)NCC3(c4ccccc4)CC3)CCCC2)c1. The van der Waals surface area contributed by atoms with Crippen LogP contribution in [-0.4, -0.2) is 25.6 Å². The lowest BCUT2D eigenvalue weighted by Gasteiger charge is -2.29. The molecule has 2 fully saturated rings. The first kappa shape index (κ1) is 20.1. The summed E-state index contributed by atoms with van der Waals surface area (Å²) in [6.45, 7) is 4.19. The summed E-state index contributed by atoms with van der Waals surface area (Å²) in [6.07, 6.45) is 4.37. The third kappa shape index (κ3) is 3.39. The number of sulfone groups is 1. The van der Waals surface area contributed by atoms with Crippen LogP contribution in [0.15, 0.2) is 53.4 Å². The van der Waals surface area contributed by atoms with E-state index in [4.69, 9.17) is 0 Å². The van der Waals surface area contributed by atoms with Crippen molar-refractivity contribution in [1.82, 2.24) is 5.32 Å². The van der Waals surface area contributed by atoms with Crippen molar-refractivity contribution in [3.63, 3.8) is 0 Å². The van der Waals surface area contributed by atoms with Gasteiger partial charge in [-0.2, -0.15) is 0 Å². The lowest BCUT2D eigenvalue weighted by Crippen LogP contribution is -2.52. The quantitative estimate of drug-likeness (QED) is 0.773. The fraction of sp³-hybridized carbons (Fsp3) is 0.458. The second kappa shape index (κ2) is 7.28. The molecule has 0 saturated heterocycles. The van der Waals surface area contributed by atoms with E-state index in [1.54, 1.807) is 6.07 Å². The topological polar surface area (TPSA) is 63.2 Å². The fourth-order valence-electron chi connectivity index (χ4n) is 4.69. The smallest absolute Gasteiger partial charge is 0.241 e. The minimum absolute atomic E-state index is 0.0419. The zero-order valence-corrected chi connectivity index (χ0v) is 18.0. The minimum Gasteiger partial charge on any atom is -0.354 e. The molecule has 0 bridgehead atoms. The number of carbonyl (C=O) groups is 1. The number of carbonyl (C=O) groups excluding carboxylic acids is 1. The normalized spacial score (nSPS) is 19.7. The molecule has 1 N–H and O–H groups in total. The number of rotatable bonds is 6. The molecule has 0 atom stereocenters. The van der Waals surface area contributed by atoms with Gasteiger partial charge >= 0.3 is 0 Å². The van der Waals surface area contributed by atoms with Crippen LogP contribution in [0.2, 0.25) is 0 Å². The molecule has 2 aliphatic rings. The minimum atomic E-state index is -3.78. The van der Waals surface area contributed by atoms with Crippen molar-refractivity contribution in [1.29, 1.82) is 0 Å². The van der Waals surface area contributed by atoms with Gasteiger partial charge in [0.15, 0.2) is 14.6 Å². The highest BCUT2D eigenvalue weighted by atomic mass is 32.2. The van der Waals surface area contributed by atoms with E-state index in [0.717, 1.165) is 31.2 Å². The van der Waals surface area contributed by atoms with E-state index in [1.807, 2.05) is 44.2 Å². The first-order valence-corrected chi connectivity index (χ1v) is 11.9. The van der Waals surface area contributed by atoms with E-state index in [9.17, 15) is 13.2 Å². The Kier molecular flexibility index (Phi) is 5.06. The van der Waals surface area contributed by atoms with Gasteiger partial charge in [0.25, 0.3) is 0 Å². The number of benzene rings is 2.